The van der Waals surface area contributed by atoms with Gasteiger partial charge in [0.05, 0.1) is 25.2 Å². The molecule has 2 fully saturated rings. The Kier molecular flexibility index (Phi) is 4.45. The summed E-state index contributed by atoms with van der Waals surface area (Å²) in [5, 5.41) is 24.6. The summed E-state index contributed by atoms with van der Waals surface area (Å²) in [5.74, 6) is 0.283. The minimum atomic E-state index is -0.677. The first-order valence-electron chi connectivity index (χ1n) is 6.85. The van der Waals surface area contributed by atoms with Crippen LogP contribution in [0, 0.1) is 16.7 Å². The van der Waals surface area contributed by atoms with Crippen molar-refractivity contribution in [2.75, 3.05) is 46.1 Å². The molecule has 0 saturated carbocycles. The standard InChI is InChI=1S/C13H24N2O4/c1-12(7-16,8-17)5-15-11(18)13-6-14-4-10(13)2-3-19-9-13/h10,14,16-17H,2-9H2,1H3,(H,15,18)/t10-,13+/m1/s1. The van der Waals surface area contributed by atoms with Crippen LogP contribution in [0.5, 0.6) is 0 Å². The average Bonchev–Trinajstić information content (AvgIpc) is 2.89. The summed E-state index contributed by atoms with van der Waals surface area (Å²) in [4.78, 5) is 12.5. The molecule has 2 saturated heterocycles. The molecule has 0 aromatic heterocycles. The van der Waals surface area contributed by atoms with Gasteiger partial charge in [-0.25, -0.2) is 0 Å². The van der Waals surface area contributed by atoms with Crippen LogP contribution in [0.1, 0.15) is 13.3 Å². The Morgan fingerprint density at radius 1 is 1.53 bits per heavy atom. The van der Waals surface area contributed by atoms with Crippen molar-refractivity contribution in [2.45, 2.75) is 13.3 Å². The molecule has 0 unspecified atom stereocenters. The van der Waals surface area contributed by atoms with Gasteiger partial charge >= 0.3 is 0 Å². The Bertz CT molecular complexity index is 333. The van der Waals surface area contributed by atoms with Crippen molar-refractivity contribution in [3.05, 3.63) is 0 Å². The van der Waals surface area contributed by atoms with E-state index in [0.29, 0.717) is 25.7 Å². The van der Waals surface area contributed by atoms with Crippen molar-refractivity contribution in [3.8, 4) is 0 Å². The highest BCUT2D eigenvalue weighted by Crippen LogP contribution is 2.37. The Hall–Kier alpha value is -0.690. The van der Waals surface area contributed by atoms with E-state index in [1.165, 1.54) is 0 Å². The van der Waals surface area contributed by atoms with Crippen molar-refractivity contribution < 1.29 is 19.7 Å². The molecule has 0 aromatic rings. The number of hydrogen-bond donors (Lipinski definition) is 4. The van der Waals surface area contributed by atoms with Crippen molar-refractivity contribution in [1.82, 2.24) is 10.6 Å². The molecule has 0 bridgehead atoms. The minimum absolute atomic E-state index is 0.0321. The second-order valence-corrected chi connectivity index (χ2v) is 6.13. The molecular weight excluding hydrogens is 248 g/mol. The smallest absolute Gasteiger partial charge is 0.230 e. The molecule has 6 nitrogen and oxygen atoms in total. The van der Waals surface area contributed by atoms with Crippen LogP contribution in [0.25, 0.3) is 0 Å². The first-order valence-corrected chi connectivity index (χ1v) is 6.85. The van der Waals surface area contributed by atoms with Crippen LogP contribution in [0.3, 0.4) is 0 Å². The van der Waals surface area contributed by atoms with Gasteiger partial charge in [-0.15, -0.1) is 0 Å². The van der Waals surface area contributed by atoms with Gasteiger partial charge in [-0.1, -0.05) is 6.92 Å². The largest absolute Gasteiger partial charge is 0.396 e. The number of carbonyl (C=O) groups excluding carboxylic acids is 1. The van der Waals surface area contributed by atoms with E-state index < -0.39 is 10.8 Å². The van der Waals surface area contributed by atoms with Crippen LogP contribution in [0.15, 0.2) is 0 Å². The lowest BCUT2D eigenvalue weighted by molar-refractivity contribution is -0.142. The van der Waals surface area contributed by atoms with Gasteiger partial charge in [0.2, 0.25) is 5.91 Å². The van der Waals surface area contributed by atoms with Crippen LogP contribution in [-0.2, 0) is 9.53 Å². The van der Waals surface area contributed by atoms with Gasteiger partial charge in [0.25, 0.3) is 0 Å². The van der Waals surface area contributed by atoms with Crippen LogP contribution in [-0.4, -0.2) is 62.2 Å². The Balaban J connectivity index is 1.99. The molecule has 2 atom stereocenters. The third-order valence-corrected chi connectivity index (χ3v) is 4.47. The van der Waals surface area contributed by atoms with E-state index in [-0.39, 0.29) is 25.7 Å². The summed E-state index contributed by atoms with van der Waals surface area (Å²) >= 11 is 0. The number of nitrogens with one attached hydrogen (secondary N) is 2. The van der Waals surface area contributed by atoms with Crippen LogP contribution in [0.4, 0.5) is 0 Å². The molecule has 0 radical (unpaired) electrons. The maximum atomic E-state index is 12.5. The zero-order valence-electron chi connectivity index (χ0n) is 11.4. The third kappa shape index (κ3) is 2.76. The highest BCUT2D eigenvalue weighted by molar-refractivity contribution is 5.84. The summed E-state index contributed by atoms with van der Waals surface area (Å²) in [6.07, 6.45) is 0.900. The van der Waals surface area contributed by atoms with Crippen molar-refractivity contribution in [1.29, 1.82) is 0 Å². The van der Waals surface area contributed by atoms with E-state index in [2.05, 4.69) is 10.6 Å². The predicted octanol–water partition coefficient (Wildman–Crippen LogP) is -1.28. The summed E-state index contributed by atoms with van der Waals surface area (Å²) in [6.45, 7) is 4.36. The molecule has 2 rings (SSSR count). The molecule has 6 heteroatoms. The molecule has 4 N–H and O–H groups in total. The first-order chi connectivity index (χ1) is 9.06. The molecule has 0 aliphatic carbocycles. The fourth-order valence-electron chi connectivity index (χ4n) is 2.80. The number of hydrogen-bond acceptors (Lipinski definition) is 5. The molecule has 2 aliphatic heterocycles. The van der Waals surface area contributed by atoms with E-state index in [4.69, 9.17) is 4.74 Å². The predicted molar refractivity (Wildman–Crippen MR) is 69.5 cm³/mol. The maximum Gasteiger partial charge on any atom is 0.230 e. The van der Waals surface area contributed by atoms with Gasteiger partial charge in [0.1, 0.15) is 0 Å². The van der Waals surface area contributed by atoms with Gasteiger partial charge in [-0.05, 0) is 18.9 Å². The van der Waals surface area contributed by atoms with E-state index >= 15 is 0 Å². The van der Waals surface area contributed by atoms with Gasteiger partial charge in [-0.3, -0.25) is 4.79 Å². The second kappa shape index (κ2) is 5.75. The highest BCUT2D eigenvalue weighted by Gasteiger charge is 2.51. The lowest BCUT2D eigenvalue weighted by Crippen LogP contribution is -2.54. The summed E-state index contributed by atoms with van der Waals surface area (Å²) in [6, 6.07) is 0. The van der Waals surface area contributed by atoms with Gasteiger partial charge in [0.15, 0.2) is 0 Å². The van der Waals surface area contributed by atoms with Gasteiger partial charge in [-0.2, -0.15) is 0 Å². The normalized spacial score (nSPS) is 31.0. The van der Waals surface area contributed by atoms with E-state index in [0.717, 1.165) is 13.0 Å². The molecule has 19 heavy (non-hydrogen) atoms. The van der Waals surface area contributed by atoms with E-state index in [9.17, 15) is 15.0 Å². The van der Waals surface area contributed by atoms with Gasteiger partial charge in [0, 0.05) is 25.1 Å². The summed E-state index contributed by atoms with van der Waals surface area (Å²) < 4.78 is 5.49. The Labute approximate surface area is 113 Å². The fraction of sp³-hybridized carbons (Fsp3) is 0.923. The van der Waals surface area contributed by atoms with Crippen LogP contribution < -0.4 is 10.6 Å². The SMILES string of the molecule is CC(CO)(CO)CNC(=O)[C@]12CNC[C@H]1CCOC2. The van der Waals surface area contributed by atoms with E-state index in [1.807, 2.05) is 0 Å². The van der Waals surface area contributed by atoms with Crippen molar-refractivity contribution >= 4 is 5.91 Å². The molecular formula is C13H24N2O4. The number of carbonyl (C=O) groups is 1. The number of fused-ring (bicyclic) bond motifs is 1. The quantitative estimate of drug-likeness (QED) is 0.500. The second-order valence-electron chi connectivity index (χ2n) is 6.13. The van der Waals surface area contributed by atoms with E-state index in [1.54, 1.807) is 6.92 Å². The number of aliphatic hydroxyl groups is 2. The molecule has 2 aliphatic rings. The monoisotopic (exact) mass is 272 g/mol. The number of ether oxygens (including phenoxy) is 1. The molecule has 110 valence electrons. The fourth-order valence-corrected chi connectivity index (χ4v) is 2.80. The zero-order chi connectivity index (χ0) is 13.9. The summed E-state index contributed by atoms with van der Waals surface area (Å²) in [7, 11) is 0. The highest BCUT2D eigenvalue weighted by atomic mass is 16.5. The zero-order valence-corrected chi connectivity index (χ0v) is 11.4. The number of rotatable bonds is 5. The topological polar surface area (TPSA) is 90.8 Å². The molecule has 2 heterocycles. The lowest BCUT2D eigenvalue weighted by atomic mass is 9.74. The molecule has 0 spiro atoms. The van der Waals surface area contributed by atoms with Crippen LogP contribution >= 0.6 is 0 Å². The van der Waals surface area contributed by atoms with Crippen molar-refractivity contribution in [3.63, 3.8) is 0 Å². The first kappa shape index (κ1) is 14.7. The average molecular weight is 272 g/mol. The number of aliphatic hydroxyl groups excluding tert-OH is 2. The summed E-state index contributed by atoms with van der Waals surface area (Å²) in [5.41, 5.74) is -1.16. The van der Waals surface area contributed by atoms with Crippen LogP contribution in [0.2, 0.25) is 0 Å². The lowest BCUT2D eigenvalue weighted by Gasteiger charge is -2.37. The molecule has 1 amide bonds. The van der Waals surface area contributed by atoms with Gasteiger partial charge < -0.3 is 25.6 Å². The maximum absolute atomic E-state index is 12.5. The third-order valence-electron chi connectivity index (χ3n) is 4.47. The minimum Gasteiger partial charge on any atom is -0.396 e. The Morgan fingerprint density at radius 2 is 2.26 bits per heavy atom. The number of amides is 1. The van der Waals surface area contributed by atoms with Crippen molar-refractivity contribution in [2.24, 2.45) is 16.7 Å². The molecule has 0 aromatic carbocycles. The Morgan fingerprint density at radius 3 is 2.95 bits per heavy atom.